The van der Waals surface area contributed by atoms with Crippen molar-refractivity contribution in [1.82, 2.24) is 10.1 Å². The molecular weight excluding hydrogens is 316 g/mol. The van der Waals surface area contributed by atoms with Gasteiger partial charge in [-0.15, -0.1) is 12.4 Å². The number of amides is 1. The Bertz CT molecular complexity index is 512. The summed E-state index contributed by atoms with van der Waals surface area (Å²) in [6.45, 7) is 10.3. The van der Waals surface area contributed by atoms with Crippen LogP contribution in [0.15, 0.2) is 10.6 Å². The van der Waals surface area contributed by atoms with Crippen LogP contribution in [-0.2, 0) is 10.2 Å². The summed E-state index contributed by atoms with van der Waals surface area (Å²) in [7, 11) is 0. The molecule has 1 saturated heterocycles. The Kier molecular flexibility index (Phi) is 7.04. The van der Waals surface area contributed by atoms with E-state index in [0.717, 1.165) is 25.1 Å². The minimum Gasteiger partial charge on any atom is -0.338 e. The summed E-state index contributed by atoms with van der Waals surface area (Å²) < 4.78 is 5.20. The SMILES string of the molecule is CC1CCN(CC(=O)Nc2cc(C(C)(C)C)no2)C(CN)C1.Cl. The first-order chi connectivity index (χ1) is 10.3. The highest BCUT2D eigenvalue weighted by molar-refractivity contribution is 5.91. The van der Waals surface area contributed by atoms with Gasteiger partial charge in [0.25, 0.3) is 0 Å². The number of hydrogen-bond acceptors (Lipinski definition) is 5. The summed E-state index contributed by atoms with van der Waals surface area (Å²) in [5.74, 6) is 1.01. The number of halogens is 1. The molecule has 2 unspecified atom stereocenters. The predicted octanol–water partition coefficient (Wildman–Crippen LogP) is 2.39. The largest absolute Gasteiger partial charge is 0.338 e. The second kappa shape index (κ2) is 8.13. The predicted molar refractivity (Wildman–Crippen MR) is 93.9 cm³/mol. The fourth-order valence-corrected chi connectivity index (χ4v) is 2.80. The van der Waals surface area contributed by atoms with Crippen molar-refractivity contribution in [3.8, 4) is 0 Å². The lowest BCUT2D eigenvalue weighted by Crippen LogP contribution is -2.49. The Labute approximate surface area is 144 Å². The molecule has 2 atom stereocenters. The molecule has 2 heterocycles. The molecule has 0 bridgehead atoms. The van der Waals surface area contributed by atoms with Crippen molar-refractivity contribution in [3.63, 3.8) is 0 Å². The van der Waals surface area contributed by atoms with Crippen molar-refractivity contribution in [3.05, 3.63) is 11.8 Å². The summed E-state index contributed by atoms with van der Waals surface area (Å²) in [5, 5.41) is 6.79. The van der Waals surface area contributed by atoms with Crippen LogP contribution < -0.4 is 11.1 Å². The fourth-order valence-electron chi connectivity index (χ4n) is 2.80. The van der Waals surface area contributed by atoms with E-state index < -0.39 is 0 Å². The van der Waals surface area contributed by atoms with Crippen molar-refractivity contribution in [1.29, 1.82) is 0 Å². The zero-order valence-electron chi connectivity index (χ0n) is 14.5. The second-order valence-corrected chi connectivity index (χ2v) is 7.36. The number of rotatable bonds is 4. The first-order valence-electron chi connectivity index (χ1n) is 8.00. The van der Waals surface area contributed by atoms with Crippen molar-refractivity contribution in [2.75, 3.05) is 25.0 Å². The molecular formula is C16H29ClN4O2. The molecule has 7 heteroatoms. The molecule has 0 saturated carbocycles. The fraction of sp³-hybridized carbons (Fsp3) is 0.750. The van der Waals surface area contributed by atoms with Gasteiger partial charge >= 0.3 is 0 Å². The minimum absolute atomic E-state index is 0. The maximum Gasteiger partial charge on any atom is 0.240 e. The van der Waals surface area contributed by atoms with Gasteiger partial charge in [0.05, 0.1) is 12.2 Å². The van der Waals surface area contributed by atoms with Crippen LogP contribution in [0.3, 0.4) is 0 Å². The lowest BCUT2D eigenvalue weighted by Gasteiger charge is -2.37. The van der Waals surface area contributed by atoms with Gasteiger partial charge < -0.3 is 10.3 Å². The third-order valence-electron chi connectivity index (χ3n) is 4.26. The number of nitrogens with zero attached hydrogens (tertiary/aromatic N) is 2. The normalized spacial score (nSPS) is 22.5. The highest BCUT2D eigenvalue weighted by Gasteiger charge is 2.27. The average molecular weight is 345 g/mol. The minimum atomic E-state index is -0.0971. The van der Waals surface area contributed by atoms with Gasteiger partial charge in [0.2, 0.25) is 11.8 Å². The van der Waals surface area contributed by atoms with E-state index in [1.807, 2.05) is 0 Å². The van der Waals surface area contributed by atoms with E-state index in [4.69, 9.17) is 10.3 Å². The monoisotopic (exact) mass is 344 g/mol. The first kappa shape index (κ1) is 19.9. The maximum atomic E-state index is 12.2. The van der Waals surface area contributed by atoms with Gasteiger partial charge in [-0.05, 0) is 25.3 Å². The maximum absolute atomic E-state index is 12.2. The van der Waals surface area contributed by atoms with E-state index in [1.165, 1.54) is 0 Å². The quantitative estimate of drug-likeness (QED) is 0.876. The van der Waals surface area contributed by atoms with Crippen LogP contribution in [0.4, 0.5) is 5.88 Å². The van der Waals surface area contributed by atoms with Gasteiger partial charge in [-0.2, -0.15) is 0 Å². The van der Waals surface area contributed by atoms with Gasteiger partial charge in [-0.1, -0.05) is 32.9 Å². The third kappa shape index (κ3) is 5.48. The summed E-state index contributed by atoms with van der Waals surface area (Å²) in [6.07, 6.45) is 2.17. The lowest BCUT2D eigenvalue weighted by atomic mass is 9.92. The molecule has 1 amide bonds. The number of anilines is 1. The van der Waals surface area contributed by atoms with Crippen molar-refractivity contribution < 1.29 is 9.32 Å². The van der Waals surface area contributed by atoms with E-state index >= 15 is 0 Å². The molecule has 2 rings (SSSR count). The molecule has 0 aliphatic carbocycles. The number of aromatic nitrogens is 1. The molecule has 1 fully saturated rings. The zero-order chi connectivity index (χ0) is 16.3. The van der Waals surface area contributed by atoms with E-state index in [0.29, 0.717) is 24.9 Å². The number of carbonyl (C=O) groups excluding carboxylic acids is 1. The van der Waals surface area contributed by atoms with Crippen LogP contribution in [-0.4, -0.2) is 41.6 Å². The van der Waals surface area contributed by atoms with Crippen LogP contribution in [0.2, 0.25) is 0 Å². The molecule has 6 nitrogen and oxygen atoms in total. The van der Waals surface area contributed by atoms with Crippen molar-refractivity contribution in [2.45, 2.75) is 52.0 Å². The number of nitrogens with one attached hydrogen (secondary N) is 1. The van der Waals surface area contributed by atoms with E-state index in [2.05, 4.69) is 43.1 Å². The Balaban J connectivity index is 0.00000264. The Morgan fingerprint density at radius 2 is 2.22 bits per heavy atom. The second-order valence-electron chi connectivity index (χ2n) is 7.36. The van der Waals surface area contributed by atoms with Crippen LogP contribution >= 0.6 is 12.4 Å². The Morgan fingerprint density at radius 3 is 2.78 bits per heavy atom. The molecule has 1 aliphatic rings. The number of piperidine rings is 1. The number of carbonyl (C=O) groups is 1. The summed E-state index contributed by atoms with van der Waals surface area (Å²) >= 11 is 0. The molecule has 0 radical (unpaired) electrons. The number of hydrogen-bond donors (Lipinski definition) is 2. The van der Waals surface area contributed by atoms with Gasteiger partial charge in [-0.3, -0.25) is 15.0 Å². The molecule has 23 heavy (non-hydrogen) atoms. The van der Waals surface area contributed by atoms with Crippen LogP contribution in [0, 0.1) is 5.92 Å². The standard InChI is InChI=1S/C16H28N4O2.ClH/c1-11-5-6-20(12(7-11)9-17)10-14(21)18-15-8-13(19-22-15)16(2,3)4;/h8,11-12H,5-7,9-10,17H2,1-4H3,(H,18,21);1H. The van der Waals surface area contributed by atoms with Gasteiger partial charge in [0, 0.05) is 24.1 Å². The summed E-state index contributed by atoms with van der Waals surface area (Å²) in [5.41, 5.74) is 6.56. The van der Waals surface area contributed by atoms with Gasteiger partial charge in [0.1, 0.15) is 0 Å². The topological polar surface area (TPSA) is 84.4 Å². The summed E-state index contributed by atoms with van der Waals surface area (Å²) in [6, 6.07) is 2.07. The van der Waals surface area contributed by atoms with E-state index in [-0.39, 0.29) is 29.8 Å². The van der Waals surface area contributed by atoms with Crippen LogP contribution in [0.25, 0.3) is 0 Å². The van der Waals surface area contributed by atoms with Crippen molar-refractivity contribution >= 4 is 24.2 Å². The third-order valence-corrected chi connectivity index (χ3v) is 4.26. The van der Waals surface area contributed by atoms with Crippen LogP contribution in [0.1, 0.15) is 46.2 Å². The Hall–Kier alpha value is -1.11. The highest BCUT2D eigenvalue weighted by Crippen LogP contribution is 2.24. The molecule has 1 aromatic heterocycles. The Morgan fingerprint density at radius 1 is 1.52 bits per heavy atom. The molecule has 3 N–H and O–H groups in total. The lowest BCUT2D eigenvalue weighted by molar-refractivity contribution is -0.118. The smallest absolute Gasteiger partial charge is 0.240 e. The van der Waals surface area contributed by atoms with Crippen molar-refractivity contribution in [2.24, 2.45) is 11.7 Å². The molecule has 132 valence electrons. The van der Waals surface area contributed by atoms with E-state index in [9.17, 15) is 4.79 Å². The van der Waals surface area contributed by atoms with E-state index in [1.54, 1.807) is 6.07 Å². The molecule has 0 spiro atoms. The van der Waals surface area contributed by atoms with Gasteiger partial charge in [-0.25, -0.2) is 0 Å². The first-order valence-corrected chi connectivity index (χ1v) is 8.00. The number of nitrogens with two attached hydrogens (primary N) is 1. The van der Waals surface area contributed by atoms with Crippen LogP contribution in [0.5, 0.6) is 0 Å². The van der Waals surface area contributed by atoms with Gasteiger partial charge in [0.15, 0.2) is 0 Å². The zero-order valence-corrected chi connectivity index (χ0v) is 15.3. The molecule has 1 aliphatic heterocycles. The summed E-state index contributed by atoms with van der Waals surface area (Å²) in [4.78, 5) is 14.4. The number of likely N-dealkylation sites (tertiary alicyclic amines) is 1. The highest BCUT2D eigenvalue weighted by atomic mass is 35.5. The molecule has 0 aromatic carbocycles. The molecule has 1 aromatic rings. The average Bonchev–Trinajstić information content (AvgIpc) is 2.89.